The largest absolute Gasteiger partial charge is 0.369 e. The van der Waals surface area contributed by atoms with E-state index in [1.165, 1.54) is 0 Å². The van der Waals surface area contributed by atoms with Crippen LogP contribution in [0, 0.1) is 0 Å². The Morgan fingerprint density at radius 3 is 3.00 bits per heavy atom. The number of morpholine rings is 1. The average molecular weight is 363 g/mol. The second-order valence-corrected chi connectivity index (χ2v) is 6.21. The van der Waals surface area contributed by atoms with Crippen LogP contribution in [-0.2, 0) is 26.4 Å². The number of anilines is 1. The van der Waals surface area contributed by atoms with Crippen LogP contribution in [0.4, 0.5) is 5.82 Å². The zero-order valence-electron chi connectivity index (χ0n) is 10.9. The minimum absolute atomic E-state index is 0.00341. The molecule has 0 spiro atoms. The molecule has 1 aliphatic heterocycles. The summed E-state index contributed by atoms with van der Waals surface area (Å²) in [5.41, 5.74) is 0.650. The summed E-state index contributed by atoms with van der Waals surface area (Å²) >= 11 is 1.34. The van der Waals surface area contributed by atoms with E-state index in [1.807, 2.05) is 6.92 Å². The first-order valence-electron chi connectivity index (χ1n) is 6.15. The molecule has 0 saturated carbocycles. The van der Waals surface area contributed by atoms with Gasteiger partial charge in [-0.05, 0) is 40.0 Å². The number of ether oxygens (including phenoxy) is 1. The SMILES string of the molecule is CC[C@H]1COCC(=O)N1c1cc(CS(=O)O)cc(Br)n1. The van der Waals surface area contributed by atoms with Crippen molar-refractivity contribution in [2.45, 2.75) is 25.1 Å². The summed E-state index contributed by atoms with van der Waals surface area (Å²) in [6, 6.07) is 3.28. The van der Waals surface area contributed by atoms with Crippen LogP contribution in [-0.4, -0.2) is 38.9 Å². The third-order valence-electron chi connectivity index (χ3n) is 3.02. The van der Waals surface area contributed by atoms with Crippen molar-refractivity contribution in [1.29, 1.82) is 0 Å². The summed E-state index contributed by atoms with van der Waals surface area (Å²) in [5.74, 6) is 0.341. The second kappa shape index (κ2) is 6.75. The quantitative estimate of drug-likeness (QED) is 0.651. The number of rotatable bonds is 4. The van der Waals surface area contributed by atoms with Gasteiger partial charge in [0, 0.05) is 0 Å². The van der Waals surface area contributed by atoms with Crippen molar-refractivity contribution in [3.05, 3.63) is 22.3 Å². The van der Waals surface area contributed by atoms with Gasteiger partial charge >= 0.3 is 0 Å². The van der Waals surface area contributed by atoms with Crippen LogP contribution < -0.4 is 4.90 Å². The molecule has 1 N–H and O–H groups in total. The summed E-state index contributed by atoms with van der Waals surface area (Å²) in [5, 5.41) is 0. The lowest BCUT2D eigenvalue weighted by molar-refractivity contribution is -0.127. The molecule has 6 nitrogen and oxygen atoms in total. The molecule has 0 aromatic carbocycles. The van der Waals surface area contributed by atoms with Gasteiger partial charge < -0.3 is 9.29 Å². The molecule has 1 aromatic heterocycles. The van der Waals surface area contributed by atoms with Crippen LogP contribution in [0.15, 0.2) is 16.7 Å². The second-order valence-electron chi connectivity index (χ2n) is 4.46. The third-order valence-corrected chi connectivity index (χ3v) is 4.00. The number of halogens is 1. The van der Waals surface area contributed by atoms with Crippen molar-refractivity contribution in [1.82, 2.24) is 4.98 Å². The molecular weight excluding hydrogens is 348 g/mol. The predicted molar refractivity (Wildman–Crippen MR) is 78.8 cm³/mol. The van der Waals surface area contributed by atoms with Crippen LogP contribution in [0.5, 0.6) is 0 Å². The highest BCUT2D eigenvalue weighted by atomic mass is 79.9. The molecule has 1 aliphatic rings. The van der Waals surface area contributed by atoms with Crippen molar-refractivity contribution in [2.75, 3.05) is 18.1 Å². The van der Waals surface area contributed by atoms with Gasteiger partial charge in [0.25, 0.3) is 5.91 Å². The van der Waals surface area contributed by atoms with E-state index in [4.69, 9.17) is 9.29 Å². The highest BCUT2D eigenvalue weighted by Crippen LogP contribution is 2.24. The van der Waals surface area contributed by atoms with Crippen molar-refractivity contribution < 1.29 is 18.3 Å². The van der Waals surface area contributed by atoms with Gasteiger partial charge in [-0.2, -0.15) is 0 Å². The molecule has 2 rings (SSSR count). The molecule has 20 heavy (non-hydrogen) atoms. The van der Waals surface area contributed by atoms with E-state index >= 15 is 0 Å². The summed E-state index contributed by atoms with van der Waals surface area (Å²) in [4.78, 5) is 18.0. The Morgan fingerprint density at radius 2 is 2.35 bits per heavy atom. The molecule has 8 heteroatoms. The minimum atomic E-state index is -1.93. The van der Waals surface area contributed by atoms with Gasteiger partial charge in [0.15, 0.2) is 11.1 Å². The first kappa shape index (κ1) is 15.6. The standard InChI is InChI=1S/C12H15BrN2O4S/c1-2-9-5-19-6-12(16)15(9)11-4-8(7-20(17)18)3-10(13)14-11/h3-4,9H,2,5-7H2,1H3,(H,17,18)/t9-/m0/s1. The van der Waals surface area contributed by atoms with E-state index < -0.39 is 11.1 Å². The number of pyridine rings is 1. The first-order chi connectivity index (χ1) is 9.51. The third kappa shape index (κ3) is 3.63. The van der Waals surface area contributed by atoms with E-state index in [9.17, 15) is 9.00 Å². The molecule has 1 fully saturated rings. The van der Waals surface area contributed by atoms with Gasteiger partial charge in [0.1, 0.15) is 17.0 Å². The first-order valence-corrected chi connectivity index (χ1v) is 8.22. The maximum atomic E-state index is 12.0. The highest BCUT2D eigenvalue weighted by Gasteiger charge is 2.30. The molecule has 1 unspecified atom stereocenters. The van der Waals surface area contributed by atoms with Gasteiger partial charge in [0.05, 0.1) is 18.4 Å². The highest BCUT2D eigenvalue weighted by molar-refractivity contribution is 9.10. The summed E-state index contributed by atoms with van der Waals surface area (Å²) in [6.45, 7) is 2.48. The Morgan fingerprint density at radius 1 is 1.60 bits per heavy atom. The van der Waals surface area contributed by atoms with Crippen LogP contribution >= 0.6 is 15.9 Å². The Kier molecular flexibility index (Phi) is 5.25. The van der Waals surface area contributed by atoms with Crippen LogP contribution in [0.1, 0.15) is 18.9 Å². The molecule has 1 amide bonds. The number of carbonyl (C=O) groups excluding carboxylic acids is 1. The Bertz CT molecular complexity index is 540. The van der Waals surface area contributed by atoms with Gasteiger partial charge in [-0.25, -0.2) is 9.19 Å². The normalized spacial score (nSPS) is 21.1. The zero-order chi connectivity index (χ0) is 14.7. The molecule has 0 radical (unpaired) electrons. The van der Waals surface area contributed by atoms with Crippen molar-refractivity contribution in [3.8, 4) is 0 Å². The zero-order valence-corrected chi connectivity index (χ0v) is 13.3. The van der Waals surface area contributed by atoms with E-state index in [-0.39, 0.29) is 24.3 Å². The van der Waals surface area contributed by atoms with Crippen LogP contribution in [0.3, 0.4) is 0 Å². The lowest BCUT2D eigenvalue weighted by Gasteiger charge is -2.34. The molecule has 0 aliphatic carbocycles. The summed E-state index contributed by atoms with van der Waals surface area (Å²) in [6.07, 6.45) is 0.751. The number of aromatic nitrogens is 1. The van der Waals surface area contributed by atoms with E-state index in [1.54, 1.807) is 17.0 Å². The molecule has 1 aromatic rings. The van der Waals surface area contributed by atoms with E-state index in [0.29, 0.717) is 22.6 Å². The maximum absolute atomic E-state index is 12.0. The summed E-state index contributed by atoms with van der Waals surface area (Å²) < 4.78 is 25.7. The van der Waals surface area contributed by atoms with Crippen molar-refractivity contribution in [2.24, 2.45) is 0 Å². The van der Waals surface area contributed by atoms with Gasteiger partial charge in [0.2, 0.25) is 0 Å². The topological polar surface area (TPSA) is 79.7 Å². The molecule has 0 bridgehead atoms. The number of amides is 1. The van der Waals surface area contributed by atoms with E-state index in [2.05, 4.69) is 20.9 Å². The maximum Gasteiger partial charge on any atom is 0.254 e. The number of hydrogen-bond donors (Lipinski definition) is 1. The molecular formula is C12H15BrN2O4S. The molecule has 2 atom stereocenters. The smallest absolute Gasteiger partial charge is 0.254 e. The lowest BCUT2D eigenvalue weighted by atomic mass is 10.1. The average Bonchev–Trinajstić information content (AvgIpc) is 2.36. The number of hydrogen-bond acceptors (Lipinski definition) is 4. The van der Waals surface area contributed by atoms with Gasteiger partial charge in [-0.3, -0.25) is 9.69 Å². The van der Waals surface area contributed by atoms with Gasteiger partial charge in [-0.15, -0.1) is 0 Å². The fraction of sp³-hybridized carbons (Fsp3) is 0.500. The van der Waals surface area contributed by atoms with E-state index in [0.717, 1.165) is 6.42 Å². The molecule has 110 valence electrons. The Balaban J connectivity index is 2.36. The lowest BCUT2D eigenvalue weighted by Crippen LogP contribution is -2.49. The Labute approximate surface area is 127 Å². The van der Waals surface area contributed by atoms with Crippen LogP contribution in [0.2, 0.25) is 0 Å². The van der Waals surface area contributed by atoms with Gasteiger partial charge in [-0.1, -0.05) is 6.92 Å². The van der Waals surface area contributed by atoms with Crippen molar-refractivity contribution >= 4 is 38.7 Å². The monoisotopic (exact) mass is 362 g/mol. The number of carbonyl (C=O) groups is 1. The fourth-order valence-electron chi connectivity index (χ4n) is 2.13. The van der Waals surface area contributed by atoms with Crippen LogP contribution in [0.25, 0.3) is 0 Å². The molecule has 1 saturated heterocycles. The predicted octanol–water partition coefficient (Wildman–Crippen LogP) is 1.71. The minimum Gasteiger partial charge on any atom is -0.369 e. The fourth-order valence-corrected chi connectivity index (χ4v) is 3.06. The van der Waals surface area contributed by atoms with Crippen molar-refractivity contribution in [3.63, 3.8) is 0 Å². The number of nitrogens with zero attached hydrogens (tertiary/aromatic N) is 2. The Hall–Kier alpha value is -0.830. The summed E-state index contributed by atoms with van der Waals surface area (Å²) in [7, 11) is 0. The molecule has 2 heterocycles.